The van der Waals surface area contributed by atoms with Gasteiger partial charge in [0.15, 0.2) is 5.13 Å². The number of nitrogens with two attached hydrogens (primary N) is 1. The molecule has 10 heteroatoms. The van der Waals surface area contributed by atoms with Crippen LogP contribution in [0.15, 0.2) is 22.1 Å². The maximum atomic E-state index is 12.1. The van der Waals surface area contributed by atoms with Crippen LogP contribution in [0.5, 0.6) is 0 Å². The summed E-state index contributed by atoms with van der Waals surface area (Å²) in [5.41, 5.74) is 6.86. The Morgan fingerprint density at radius 1 is 1.38 bits per heavy atom. The van der Waals surface area contributed by atoms with E-state index in [1.807, 2.05) is 5.38 Å². The fourth-order valence-electron chi connectivity index (χ4n) is 2.20. The summed E-state index contributed by atoms with van der Waals surface area (Å²) in [6, 6.07) is 1.64. The Morgan fingerprint density at radius 3 is 2.79 bits per heavy atom. The molecule has 7 nitrogen and oxygen atoms in total. The van der Waals surface area contributed by atoms with Crippen LogP contribution in [0.2, 0.25) is 0 Å². The number of amides is 1. The van der Waals surface area contributed by atoms with E-state index in [1.54, 1.807) is 6.07 Å². The van der Waals surface area contributed by atoms with E-state index in [-0.39, 0.29) is 37.3 Å². The fraction of sp³-hybridized carbons (Fsp3) is 0.429. The van der Waals surface area contributed by atoms with Gasteiger partial charge >= 0.3 is 0 Å². The summed E-state index contributed by atoms with van der Waals surface area (Å²) in [4.78, 5) is 18.8. The molecular weight excluding hydrogens is 375 g/mol. The number of nitrogens with zero attached hydrogens (tertiary/aromatic N) is 2. The first-order chi connectivity index (χ1) is 10.7. The third-order valence-electron chi connectivity index (χ3n) is 3.38. The second-order valence-electron chi connectivity index (χ2n) is 4.99. The molecule has 0 bridgehead atoms. The molecular formula is C14H20Cl2N4O3S. The minimum atomic E-state index is -0.240. The van der Waals surface area contributed by atoms with Gasteiger partial charge in [-0.1, -0.05) is 0 Å². The lowest BCUT2D eigenvalue weighted by atomic mass is 10.3. The number of hydrogen-bond donors (Lipinski definition) is 2. The van der Waals surface area contributed by atoms with Gasteiger partial charge in [-0.25, -0.2) is 4.98 Å². The maximum absolute atomic E-state index is 12.1. The van der Waals surface area contributed by atoms with Crippen molar-refractivity contribution in [2.24, 2.45) is 5.73 Å². The van der Waals surface area contributed by atoms with Crippen molar-refractivity contribution < 1.29 is 13.9 Å². The Kier molecular flexibility index (Phi) is 8.68. The van der Waals surface area contributed by atoms with E-state index in [0.29, 0.717) is 16.5 Å². The molecule has 1 aliphatic heterocycles. The highest BCUT2D eigenvalue weighted by molar-refractivity contribution is 7.13. The van der Waals surface area contributed by atoms with E-state index >= 15 is 0 Å². The summed E-state index contributed by atoms with van der Waals surface area (Å²) in [7, 11) is 0. The summed E-state index contributed by atoms with van der Waals surface area (Å²) >= 11 is 1.42. The second-order valence-corrected chi connectivity index (χ2v) is 5.85. The molecule has 1 aliphatic rings. The number of thiazole rings is 1. The Hall–Kier alpha value is -1.16. The number of ether oxygens (including phenoxy) is 1. The fourth-order valence-corrected chi connectivity index (χ4v) is 2.90. The quantitative estimate of drug-likeness (QED) is 0.806. The molecule has 0 aromatic carbocycles. The van der Waals surface area contributed by atoms with Crippen molar-refractivity contribution in [3.05, 3.63) is 34.7 Å². The summed E-state index contributed by atoms with van der Waals surface area (Å²) in [6.45, 7) is 4.40. The maximum Gasteiger partial charge on any atom is 0.260 e. The molecule has 2 aromatic heterocycles. The van der Waals surface area contributed by atoms with Gasteiger partial charge in [0, 0.05) is 25.0 Å². The summed E-state index contributed by atoms with van der Waals surface area (Å²) in [5.74, 6) is 0.341. The Balaban J connectivity index is 0.00000144. The molecule has 3 N–H and O–H groups in total. The molecule has 0 unspecified atom stereocenters. The summed E-state index contributed by atoms with van der Waals surface area (Å²) < 4.78 is 10.5. The molecule has 0 radical (unpaired) electrons. The van der Waals surface area contributed by atoms with Crippen LogP contribution in [-0.2, 0) is 17.8 Å². The normalized spacial score (nSPS) is 14.5. The number of furan rings is 1. The lowest BCUT2D eigenvalue weighted by molar-refractivity contribution is 0.0337. The van der Waals surface area contributed by atoms with E-state index in [1.165, 1.54) is 17.6 Å². The van der Waals surface area contributed by atoms with Crippen molar-refractivity contribution in [1.29, 1.82) is 0 Å². The van der Waals surface area contributed by atoms with Crippen molar-refractivity contribution in [2.45, 2.75) is 13.1 Å². The van der Waals surface area contributed by atoms with Crippen LogP contribution in [0, 0.1) is 0 Å². The average Bonchev–Trinajstić information content (AvgIpc) is 3.17. The molecule has 1 amide bonds. The van der Waals surface area contributed by atoms with E-state index in [4.69, 9.17) is 14.9 Å². The topological polar surface area (TPSA) is 93.6 Å². The first-order valence-corrected chi connectivity index (χ1v) is 7.96. The smallest absolute Gasteiger partial charge is 0.260 e. The van der Waals surface area contributed by atoms with Gasteiger partial charge in [-0.15, -0.1) is 36.2 Å². The molecule has 3 heterocycles. The van der Waals surface area contributed by atoms with Crippen molar-refractivity contribution in [3.8, 4) is 0 Å². The molecule has 1 saturated heterocycles. The third kappa shape index (κ3) is 5.44. The minimum Gasteiger partial charge on any atom is -0.467 e. The highest BCUT2D eigenvalue weighted by Gasteiger charge is 2.15. The zero-order chi connectivity index (χ0) is 15.4. The number of morpholine rings is 1. The number of anilines is 1. The standard InChI is InChI=1S/C14H18N4O3S.2ClH/c15-6-12-5-10(8-21-12)13(19)17-14-16-11(9-22-14)7-18-1-3-20-4-2-18;;/h5,8-9H,1-4,6-7,15H2,(H,16,17,19);2*1H. The van der Waals surface area contributed by atoms with Gasteiger partial charge in [0.25, 0.3) is 5.91 Å². The molecule has 1 fully saturated rings. The van der Waals surface area contributed by atoms with Crippen LogP contribution in [0.25, 0.3) is 0 Å². The van der Waals surface area contributed by atoms with Crippen LogP contribution in [0.1, 0.15) is 21.8 Å². The van der Waals surface area contributed by atoms with Gasteiger partial charge in [0.05, 0.1) is 31.0 Å². The molecule has 0 spiro atoms. The van der Waals surface area contributed by atoms with Crippen LogP contribution < -0.4 is 11.1 Å². The van der Waals surface area contributed by atoms with E-state index in [9.17, 15) is 4.79 Å². The molecule has 0 atom stereocenters. The van der Waals surface area contributed by atoms with Gasteiger partial charge in [0.1, 0.15) is 12.0 Å². The number of aromatic nitrogens is 1. The zero-order valence-electron chi connectivity index (χ0n) is 12.9. The highest BCUT2D eigenvalue weighted by atomic mass is 35.5. The first kappa shape index (κ1) is 20.9. The van der Waals surface area contributed by atoms with Crippen LogP contribution >= 0.6 is 36.2 Å². The zero-order valence-corrected chi connectivity index (χ0v) is 15.3. The molecule has 24 heavy (non-hydrogen) atoms. The summed E-state index contributed by atoms with van der Waals surface area (Å²) in [6.07, 6.45) is 1.40. The molecule has 134 valence electrons. The predicted octanol–water partition coefficient (Wildman–Crippen LogP) is 2.12. The average molecular weight is 395 g/mol. The Labute approximate surface area is 156 Å². The minimum absolute atomic E-state index is 0. The monoisotopic (exact) mass is 394 g/mol. The molecule has 2 aromatic rings. The SMILES string of the molecule is Cl.Cl.NCc1cc(C(=O)Nc2nc(CN3CCOCC3)cs2)co1. The molecule has 0 saturated carbocycles. The number of halogens is 2. The van der Waals surface area contributed by atoms with Gasteiger partial charge in [0.2, 0.25) is 0 Å². The molecule has 3 rings (SSSR count). The van der Waals surface area contributed by atoms with Gasteiger partial charge in [-0.05, 0) is 6.07 Å². The lowest BCUT2D eigenvalue weighted by Gasteiger charge is -2.25. The Morgan fingerprint density at radius 2 is 2.12 bits per heavy atom. The first-order valence-electron chi connectivity index (χ1n) is 7.08. The van der Waals surface area contributed by atoms with Crippen LogP contribution in [0.4, 0.5) is 5.13 Å². The number of nitrogens with one attached hydrogen (secondary N) is 1. The number of carbonyl (C=O) groups excluding carboxylic acids is 1. The third-order valence-corrected chi connectivity index (χ3v) is 4.19. The van der Waals surface area contributed by atoms with Crippen LogP contribution in [0.3, 0.4) is 0 Å². The second kappa shape index (κ2) is 9.97. The van der Waals surface area contributed by atoms with E-state index in [0.717, 1.165) is 38.5 Å². The highest BCUT2D eigenvalue weighted by Crippen LogP contribution is 2.18. The lowest BCUT2D eigenvalue weighted by Crippen LogP contribution is -2.35. The van der Waals surface area contributed by atoms with Crippen molar-refractivity contribution >= 4 is 47.2 Å². The van der Waals surface area contributed by atoms with Gasteiger partial charge in [-0.2, -0.15) is 0 Å². The number of hydrogen-bond acceptors (Lipinski definition) is 7. The van der Waals surface area contributed by atoms with Gasteiger partial charge in [-0.3, -0.25) is 15.0 Å². The van der Waals surface area contributed by atoms with Gasteiger partial charge < -0.3 is 14.9 Å². The van der Waals surface area contributed by atoms with Crippen molar-refractivity contribution in [1.82, 2.24) is 9.88 Å². The Bertz CT molecular complexity index is 644. The molecule has 0 aliphatic carbocycles. The largest absolute Gasteiger partial charge is 0.467 e. The predicted molar refractivity (Wildman–Crippen MR) is 97.3 cm³/mol. The van der Waals surface area contributed by atoms with E-state index in [2.05, 4.69) is 15.2 Å². The number of carbonyl (C=O) groups is 1. The summed E-state index contributed by atoms with van der Waals surface area (Å²) in [5, 5.41) is 5.33. The van der Waals surface area contributed by atoms with Crippen molar-refractivity contribution in [2.75, 3.05) is 31.6 Å². The number of rotatable bonds is 5. The van der Waals surface area contributed by atoms with Crippen molar-refractivity contribution in [3.63, 3.8) is 0 Å². The van der Waals surface area contributed by atoms with Crippen LogP contribution in [-0.4, -0.2) is 42.1 Å². The van der Waals surface area contributed by atoms with E-state index < -0.39 is 0 Å².